The first kappa shape index (κ1) is 16.8. The number of nitrogens with one attached hydrogen (secondary N) is 2. The zero-order valence-corrected chi connectivity index (χ0v) is 14.6. The van der Waals surface area contributed by atoms with Crippen molar-refractivity contribution in [2.75, 3.05) is 0 Å². The van der Waals surface area contributed by atoms with Crippen LogP contribution in [0.25, 0.3) is 21.7 Å². The Balaban J connectivity index is 1.61. The molecule has 3 aromatic carbocycles. The molecule has 0 unspecified atom stereocenters. The zero-order chi connectivity index (χ0) is 18.8. The van der Waals surface area contributed by atoms with E-state index < -0.39 is 11.9 Å². The Hall–Kier alpha value is -3.60. The molecule has 5 heteroatoms. The van der Waals surface area contributed by atoms with E-state index >= 15 is 0 Å². The van der Waals surface area contributed by atoms with Crippen LogP contribution in [0.2, 0.25) is 0 Å². The SMILES string of the molecule is NC(=O)[C@@H](Cc1c[nH]c2ccccc12)NC(=O)c1cccc2ccccc12. The molecule has 1 aromatic heterocycles. The van der Waals surface area contributed by atoms with Crippen molar-refractivity contribution in [3.63, 3.8) is 0 Å². The van der Waals surface area contributed by atoms with E-state index in [9.17, 15) is 9.59 Å². The molecule has 5 nitrogen and oxygen atoms in total. The highest BCUT2D eigenvalue weighted by atomic mass is 16.2. The number of primary amides is 1. The first-order chi connectivity index (χ1) is 13.1. The number of aromatic nitrogens is 1. The standard InChI is InChI=1S/C22H19N3O2/c23-21(26)20(12-15-13-24-19-11-4-3-9-17(15)19)25-22(27)18-10-5-7-14-6-1-2-8-16(14)18/h1-11,13,20,24H,12H2,(H2,23,26)(H,25,27)/t20-/m1/s1. The maximum Gasteiger partial charge on any atom is 0.252 e. The summed E-state index contributed by atoms with van der Waals surface area (Å²) in [5.74, 6) is -0.871. The molecule has 0 bridgehead atoms. The lowest BCUT2D eigenvalue weighted by molar-refractivity contribution is -0.119. The van der Waals surface area contributed by atoms with Crippen LogP contribution in [0.3, 0.4) is 0 Å². The molecule has 4 aromatic rings. The second-order valence-corrected chi connectivity index (χ2v) is 6.52. The summed E-state index contributed by atoms with van der Waals surface area (Å²) in [6.07, 6.45) is 2.18. The van der Waals surface area contributed by atoms with Crippen LogP contribution in [-0.4, -0.2) is 22.8 Å². The molecular weight excluding hydrogens is 338 g/mol. The van der Waals surface area contributed by atoms with Gasteiger partial charge in [0.2, 0.25) is 5.91 Å². The largest absolute Gasteiger partial charge is 0.368 e. The molecule has 0 radical (unpaired) electrons. The van der Waals surface area contributed by atoms with Gasteiger partial charge in [0.15, 0.2) is 0 Å². The number of amides is 2. The summed E-state index contributed by atoms with van der Waals surface area (Å²) in [4.78, 5) is 28.0. The fourth-order valence-electron chi connectivity index (χ4n) is 3.40. The van der Waals surface area contributed by atoms with Crippen LogP contribution >= 0.6 is 0 Å². The maximum absolute atomic E-state index is 12.8. The number of fused-ring (bicyclic) bond motifs is 2. The average molecular weight is 357 g/mol. The molecular formula is C22H19N3O2. The predicted octanol–water partition coefficient (Wildman–Crippen LogP) is 3.15. The van der Waals surface area contributed by atoms with Gasteiger partial charge in [0.25, 0.3) is 5.91 Å². The second-order valence-electron chi connectivity index (χ2n) is 6.52. The van der Waals surface area contributed by atoms with Crippen LogP contribution in [0, 0.1) is 0 Å². The van der Waals surface area contributed by atoms with Crippen molar-refractivity contribution in [2.24, 2.45) is 5.73 Å². The van der Waals surface area contributed by atoms with E-state index in [0.29, 0.717) is 12.0 Å². The minimum atomic E-state index is -0.796. The molecule has 4 N–H and O–H groups in total. The lowest BCUT2D eigenvalue weighted by atomic mass is 10.0. The molecule has 134 valence electrons. The molecule has 0 aliphatic heterocycles. The number of hydrogen-bond acceptors (Lipinski definition) is 2. The molecule has 4 rings (SSSR count). The zero-order valence-electron chi connectivity index (χ0n) is 14.6. The number of para-hydroxylation sites is 1. The summed E-state index contributed by atoms with van der Waals surface area (Å²) in [7, 11) is 0. The number of nitrogens with two attached hydrogens (primary N) is 1. The maximum atomic E-state index is 12.8. The van der Waals surface area contributed by atoms with E-state index in [1.54, 1.807) is 6.07 Å². The van der Waals surface area contributed by atoms with E-state index in [-0.39, 0.29) is 5.91 Å². The fourth-order valence-corrected chi connectivity index (χ4v) is 3.40. The number of aromatic amines is 1. The lowest BCUT2D eigenvalue weighted by Crippen LogP contribution is -2.45. The lowest BCUT2D eigenvalue weighted by Gasteiger charge is -2.16. The molecule has 1 atom stereocenters. The molecule has 0 aliphatic rings. The third-order valence-electron chi connectivity index (χ3n) is 4.78. The third-order valence-corrected chi connectivity index (χ3v) is 4.78. The molecule has 0 aliphatic carbocycles. The van der Waals surface area contributed by atoms with Gasteiger partial charge in [-0.2, -0.15) is 0 Å². The second kappa shape index (κ2) is 6.96. The highest BCUT2D eigenvalue weighted by molar-refractivity contribution is 6.08. The topological polar surface area (TPSA) is 88.0 Å². The monoisotopic (exact) mass is 357 g/mol. The Bertz CT molecular complexity index is 1140. The van der Waals surface area contributed by atoms with Crippen molar-refractivity contribution in [2.45, 2.75) is 12.5 Å². The minimum Gasteiger partial charge on any atom is -0.368 e. The Morgan fingerprint density at radius 3 is 2.44 bits per heavy atom. The van der Waals surface area contributed by atoms with Gasteiger partial charge in [-0.15, -0.1) is 0 Å². The van der Waals surface area contributed by atoms with Gasteiger partial charge in [-0.05, 0) is 28.5 Å². The fraction of sp³-hybridized carbons (Fsp3) is 0.0909. The summed E-state index contributed by atoms with van der Waals surface area (Å²) in [5, 5.41) is 5.63. The van der Waals surface area contributed by atoms with Crippen LogP contribution in [0.4, 0.5) is 0 Å². The van der Waals surface area contributed by atoms with E-state index in [1.807, 2.05) is 66.9 Å². The number of rotatable bonds is 5. The van der Waals surface area contributed by atoms with E-state index in [0.717, 1.165) is 27.2 Å². The predicted molar refractivity (Wildman–Crippen MR) is 106 cm³/mol. The number of carbonyl (C=O) groups excluding carboxylic acids is 2. The van der Waals surface area contributed by atoms with Crippen LogP contribution in [-0.2, 0) is 11.2 Å². The van der Waals surface area contributed by atoms with Crippen molar-refractivity contribution < 1.29 is 9.59 Å². The van der Waals surface area contributed by atoms with Crippen LogP contribution in [0.5, 0.6) is 0 Å². The third kappa shape index (κ3) is 3.27. The van der Waals surface area contributed by atoms with Crippen molar-refractivity contribution in [3.05, 3.63) is 84.1 Å². The van der Waals surface area contributed by atoms with E-state index in [2.05, 4.69) is 10.3 Å². The Labute approximate surface area is 156 Å². The van der Waals surface area contributed by atoms with E-state index in [4.69, 9.17) is 5.73 Å². The summed E-state index contributed by atoms with van der Waals surface area (Å²) in [6, 6.07) is 20.2. The van der Waals surface area contributed by atoms with Gasteiger partial charge in [0, 0.05) is 29.1 Å². The van der Waals surface area contributed by atoms with Gasteiger partial charge >= 0.3 is 0 Å². The van der Waals surface area contributed by atoms with Crippen molar-refractivity contribution in [1.82, 2.24) is 10.3 Å². The summed E-state index contributed by atoms with van der Waals surface area (Å²) in [5.41, 5.74) is 8.02. The molecule has 0 spiro atoms. The van der Waals surface area contributed by atoms with E-state index in [1.165, 1.54) is 0 Å². The Kier molecular flexibility index (Phi) is 4.34. The van der Waals surface area contributed by atoms with Gasteiger partial charge < -0.3 is 16.0 Å². The summed E-state index contributed by atoms with van der Waals surface area (Å²) >= 11 is 0. The first-order valence-corrected chi connectivity index (χ1v) is 8.76. The smallest absolute Gasteiger partial charge is 0.252 e. The van der Waals surface area contributed by atoms with Crippen LogP contribution < -0.4 is 11.1 Å². The highest BCUT2D eigenvalue weighted by Crippen LogP contribution is 2.21. The number of hydrogen-bond donors (Lipinski definition) is 3. The van der Waals surface area contributed by atoms with Crippen molar-refractivity contribution in [3.8, 4) is 0 Å². The summed E-state index contributed by atoms with van der Waals surface area (Å²) < 4.78 is 0. The van der Waals surface area contributed by atoms with Gasteiger partial charge in [-0.1, -0.05) is 54.6 Å². The molecule has 0 saturated heterocycles. The Morgan fingerprint density at radius 2 is 1.63 bits per heavy atom. The molecule has 2 amide bonds. The Morgan fingerprint density at radius 1 is 0.926 bits per heavy atom. The van der Waals surface area contributed by atoms with Gasteiger partial charge in [0.1, 0.15) is 6.04 Å². The first-order valence-electron chi connectivity index (χ1n) is 8.76. The molecule has 1 heterocycles. The quantitative estimate of drug-likeness (QED) is 0.512. The minimum absolute atomic E-state index is 0.310. The average Bonchev–Trinajstić information content (AvgIpc) is 3.10. The van der Waals surface area contributed by atoms with Gasteiger partial charge in [-0.3, -0.25) is 9.59 Å². The van der Waals surface area contributed by atoms with Crippen molar-refractivity contribution >= 4 is 33.5 Å². The molecule has 0 fully saturated rings. The number of benzene rings is 3. The van der Waals surface area contributed by atoms with Crippen LogP contribution in [0.15, 0.2) is 72.9 Å². The van der Waals surface area contributed by atoms with Gasteiger partial charge in [0.05, 0.1) is 0 Å². The van der Waals surface area contributed by atoms with Gasteiger partial charge in [-0.25, -0.2) is 0 Å². The molecule has 0 saturated carbocycles. The summed E-state index contributed by atoms with van der Waals surface area (Å²) in [6.45, 7) is 0. The normalized spacial score (nSPS) is 12.1. The number of carbonyl (C=O) groups is 2. The number of H-pyrrole nitrogens is 1. The highest BCUT2D eigenvalue weighted by Gasteiger charge is 2.21. The van der Waals surface area contributed by atoms with Crippen LogP contribution in [0.1, 0.15) is 15.9 Å². The van der Waals surface area contributed by atoms with Crippen molar-refractivity contribution in [1.29, 1.82) is 0 Å². The molecule has 27 heavy (non-hydrogen) atoms.